The molecule has 7 rings (SSSR count). The van der Waals surface area contributed by atoms with Gasteiger partial charge in [-0.25, -0.2) is 18.2 Å². The highest BCUT2D eigenvalue weighted by Crippen LogP contribution is 2.48. The Bertz CT molecular complexity index is 2150. The molecule has 3 fully saturated rings. The van der Waals surface area contributed by atoms with Gasteiger partial charge in [-0.15, -0.1) is 0 Å². The zero-order chi connectivity index (χ0) is 42.5. The van der Waals surface area contributed by atoms with Gasteiger partial charge in [-0.05, 0) is 77.5 Å². The van der Waals surface area contributed by atoms with Gasteiger partial charge in [0, 0.05) is 35.9 Å². The number of benzene rings is 1. The number of hydrogen-bond donors (Lipinski definition) is 3. The van der Waals surface area contributed by atoms with E-state index in [9.17, 15) is 40.8 Å². The number of nitrogens with one attached hydrogen (secondary N) is 3. The molecule has 20 heteroatoms. The minimum absolute atomic E-state index is 0.0715. The van der Waals surface area contributed by atoms with Crippen molar-refractivity contribution in [3.8, 4) is 17.4 Å². The smallest absolute Gasteiger partial charge is 0.427 e. The molecule has 1 saturated heterocycles. The summed E-state index contributed by atoms with van der Waals surface area (Å²) in [5.41, 5.74) is -4.60. The topological polar surface area (TPSA) is 201 Å². The van der Waals surface area contributed by atoms with E-state index < -0.39 is 86.1 Å². The third kappa shape index (κ3) is 8.34. The van der Waals surface area contributed by atoms with Crippen LogP contribution in [-0.2, 0) is 33.9 Å². The standard InChI is InChI=1S/C39H48F3N5O11S/c1-5-27-29(44-35(51)58-36(2,3)39(40,41)42)33(49)47-21-23(57-32-25-10-11-28-30(56-18-17-55-28)24(25)12-15-43-32)19-26(47)31(48)45-38(20-22(38)9-7-6-8-16-54-27)34(50)46-59(52,53)37(4)13-14-37/h7,9-12,15,22-23,26-27,29H,5-6,8,13-14,16-21H2,1-4H3,(H,44,51)(H,45,48)(H,46,50)/b9-7-/t22-,23+,26-,27-,29-,38+/m0/s1. The Kier molecular flexibility index (Phi) is 11.2. The summed E-state index contributed by atoms with van der Waals surface area (Å²) in [4.78, 5) is 61.9. The van der Waals surface area contributed by atoms with Crippen LogP contribution in [0, 0.1) is 5.92 Å². The van der Waals surface area contributed by atoms with Crippen molar-refractivity contribution in [2.75, 3.05) is 26.4 Å². The maximum absolute atomic E-state index is 14.8. The lowest BCUT2D eigenvalue weighted by atomic mass is 10.1. The van der Waals surface area contributed by atoms with Gasteiger partial charge in [0.25, 0.3) is 5.91 Å². The third-order valence-corrected chi connectivity index (χ3v) is 13.9. The molecule has 0 unspecified atom stereocenters. The molecule has 322 valence electrons. The van der Waals surface area contributed by atoms with Gasteiger partial charge >= 0.3 is 12.3 Å². The van der Waals surface area contributed by atoms with Crippen LogP contribution in [0.3, 0.4) is 0 Å². The van der Waals surface area contributed by atoms with Crippen molar-refractivity contribution >= 4 is 44.6 Å². The van der Waals surface area contributed by atoms with Crippen molar-refractivity contribution < 1.29 is 64.5 Å². The Labute approximate surface area is 338 Å². The summed E-state index contributed by atoms with van der Waals surface area (Å²) < 4.78 is 97.5. The SMILES string of the molecule is CC[C@@H]1OCCC/C=C\[C@H]2C[C@@]2(C(=O)NS(=O)(=O)C2(C)CC2)NC(=O)[C@@H]2C[C@@H](Oc3nccc4c5c(ccc34)OCCO5)CN2C(=O)[C@H]1NC(=O)OC(C)(C)C(F)(F)F. The molecule has 0 bridgehead atoms. The second-order valence-corrected chi connectivity index (χ2v) is 18.5. The van der Waals surface area contributed by atoms with Crippen molar-refractivity contribution in [2.45, 2.75) is 119 Å². The number of ether oxygens (including phenoxy) is 5. The molecule has 3 N–H and O–H groups in total. The molecule has 0 spiro atoms. The highest BCUT2D eigenvalue weighted by atomic mass is 32.2. The predicted molar refractivity (Wildman–Crippen MR) is 203 cm³/mol. The number of nitrogens with zero attached hydrogens (tertiary/aromatic N) is 2. The molecule has 2 saturated carbocycles. The Morgan fingerprint density at radius 1 is 1.08 bits per heavy atom. The summed E-state index contributed by atoms with van der Waals surface area (Å²) in [6.07, 6.45) is -1.88. The molecule has 1 aromatic carbocycles. The van der Waals surface area contributed by atoms with E-state index in [1.807, 2.05) is 0 Å². The summed E-state index contributed by atoms with van der Waals surface area (Å²) in [5.74, 6) is -2.05. The maximum Gasteiger partial charge on any atom is 0.427 e. The lowest BCUT2D eigenvalue weighted by molar-refractivity contribution is -0.244. The zero-order valence-corrected chi connectivity index (χ0v) is 33.9. The average molecular weight is 852 g/mol. The Balaban J connectivity index is 1.23. The largest absolute Gasteiger partial charge is 0.486 e. The van der Waals surface area contributed by atoms with Crippen LogP contribution >= 0.6 is 0 Å². The third-order valence-electron chi connectivity index (χ3n) is 11.7. The number of carbonyl (C=O) groups is 4. The van der Waals surface area contributed by atoms with Gasteiger partial charge in [0.1, 0.15) is 36.9 Å². The van der Waals surface area contributed by atoms with Gasteiger partial charge in [0.15, 0.2) is 11.5 Å². The molecule has 4 heterocycles. The van der Waals surface area contributed by atoms with E-state index >= 15 is 0 Å². The maximum atomic E-state index is 14.8. The minimum atomic E-state index is -4.94. The van der Waals surface area contributed by atoms with Crippen LogP contribution in [0.2, 0.25) is 0 Å². The number of rotatable bonds is 8. The van der Waals surface area contributed by atoms with E-state index in [1.54, 1.807) is 37.3 Å². The fourth-order valence-corrected chi connectivity index (χ4v) is 8.83. The van der Waals surface area contributed by atoms with Crippen molar-refractivity contribution in [3.63, 3.8) is 0 Å². The van der Waals surface area contributed by atoms with Crippen LogP contribution in [0.1, 0.15) is 72.6 Å². The summed E-state index contributed by atoms with van der Waals surface area (Å²) in [5, 5.41) is 6.24. The monoisotopic (exact) mass is 851 g/mol. The normalized spacial score (nSPS) is 28.8. The quantitative estimate of drug-likeness (QED) is 0.325. The minimum Gasteiger partial charge on any atom is -0.486 e. The van der Waals surface area contributed by atoms with E-state index in [0.717, 1.165) is 4.90 Å². The highest BCUT2D eigenvalue weighted by Gasteiger charge is 2.63. The van der Waals surface area contributed by atoms with Crippen LogP contribution in [0.15, 0.2) is 36.5 Å². The number of amides is 4. The van der Waals surface area contributed by atoms with Crippen molar-refractivity contribution in [1.29, 1.82) is 0 Å². The first-order valence-corrected chi connectivity index (χ1v) is 21.2. The average Bonchev–Trinajstić information content (AvgIpc) is 4.06. The van der Waals surface area contributed by atoms with Crippen LogP contribution in [0.4, 0.5) is 18.0 Å². The van der Waals surface area contributed by atoms with Gasteiger partial charge in [-0.3, -0.25) is 19.1 Å². The molecule has 2 aromatic rings. The Hall–Kier alpha value is -4.85. The van der Waals surface area contributed by atoms with E-state index in [1.165, 1.54) is 13.1 Å². The molecule has 16 nitrogen and oxygen atoms in total. The van der Waals surface area contributed by atoms with Gasteiger partial charge < -0.3 is 39.2 Å². The number of sulfonamides is 1. The molecule has 5 aliphatic rings. The molecular formula is C39H48F3N5O11S. The first-order valence-electron chi connectivity index (χ1n) is 19.7. The molecule has 4 amide bonds. The second-order valence-electron chi connectivity index (χ2n) is 16.3. The number of fused-ring (bicyclic) bond motifs is 5. The second kappa shape index (κ2) is 15.6. The van der Waals surface area contributed by atoms with Crippen LogP contribution in [0.5, 0.6) is 17.4 Å². The summed E-state index contributed by atoms with van der Waals surface area (Å²) >= 11 is 0. The van der Waals surface area contributed by atoms with E-state index in [4.69, 9.17) is 23.7 Å². The number of alkyl halides is 3. The number of halogens is 3. The molecule has 6 atom stereocenters. The van der Waals surface area contributed by atoms with Crippen LogP contribution in [0.25, 0.3) is 10.8 Å². The van der Waals surface area contributed by atoms with E-state index in [2.05, 4.69) is 20.3 Å². The number of pyridine rings is 1. The van der Waals surface area contributed by atoms with E-state index in [0.29, 0.717) is 75.0 Å². The number of alkyl carbamates (subject to hydrolysis) is 1. The number of aromatic nitrogens is 1. The Morgan fingerprint density at radius 3 is 2.54 bits per heavy atom. The van der Waals surface area contributed by atoms with Gasteiger partial charge in [0.2, 0.25) is 33.3 Å². The highest BCUT2D eigenvalue weighted by molar-refractivity contribution is 7.91. The summed E-state index contributed by atoms with van der Waals surface area (Å²) in [6, 6.07) is 2.14. The predicted octanol–water partition coefficient (Wildman–Crippen LogP) is 3.81. The van der Waals surface area contributed by atoms with Crippen LogP contribution < -0.4 is 29.6 Å². The van der Waals surface area contributed by atoms with Crippen LogP contribution in [-0.4, -0.2) is 115 Å². The molecule has 1 aromatic heterocycles. The molecule has 3 aliphatic heterocycles. The lowest BCUT2D eigenvalue weighted by Gasteiger charge is -2.34. The van der Waals surface area contributed by atoms with Crippen molar-refractivity contribution in [2.24, 2.45) is 5.92 Å². The lowest BCUT2D eigenvalue weighted by Crippen LogP contribution is -2.61. The number of carbonyl (C=O) groups excluding carboxylic acids is 4. The van der Waals surface area contributed by atoms with Gasteiger partial charge in [-0.2, -0.15) is 13.2 Å². The fourth-order valence-electron chi connectivity index (χ4n) is 7.52. The number of allylic oxidation sites excluding steroid dienone is 1. The Morgan fingerprint density at radius 2 is 1.83 bits per heavy atom. The summed E-state index contributed by atoms with van der Waals surface area (Å²) in [7, 11) is -4.10. The van der Waals surface area contributed by atoms with Crippen molar-refractivity contribution in [3.05, 3.63) is 36.5 Å². The zero-order valence-electron chi connectivity index (χ0n) is 33.1. The number of hydrogen-bond acceptors (Lipinski definition) is 12. The van der Waals surface area contributed by atoms with Crippen molar-refractivity contribution in [1.82, 2.24) is 25.2 Å². The fraction of sp³-hybridized carbons (Fsp3) is 0.615. The van der Waals surface area contributed by atoms with E-state index in [-0.39, 0.29) is 38.3 Å². The summed E-state index contributed by atoms with van der Waals surface area (Å²) in [6.45, 7) is 5.01. The first-order chi connectivity index (χ1) is 27.8. The first kappa shape index (κ1) is 42.3. The molecule has 0 radical (unpaired) electrons. The molecule has 59 heavy (non-hydrogen) atoms. The molecular weight excluding hydrogens is 804 g/mol. The molecule has 2 aliphatic carbocycles. The van der Waals surface area contributed by atoms with Gasteiger partial charge in [0.05, 0.1) is 17.4 Å². The van der Waals surface area contributed by atoms with Gasteiger partial charge in [-0.1, -0.05) is 19.1 Å².